The lowest BCUT2D eigenvalue weighted by molar-refractivity contribution is -0.120. The Balaban J connectivity index is 2.33. The van der Waals surface area contributed by atoms with Gasteiger partial charge < -0.3 is 20.5 Å². The predicted molar refractivity (Wildman–Crippen MR) is 71.5 cm³/mol. The Hall–Kier alpha value is -1.59. The summed E-state index contributed by atoms with van der Waals surface area (Å²) in [5.41, 5.74) is 7.98. The first-order valence-electron chi connectivity index (χ1n) is 5.86. The Morgan fingerprint density at radius 2 is 2.17 bits per heavy atom. The lowest BCUT2D eigenvalue weighted by Crippen LogP contribution is -2.19. The number of hydrogen-bond donors (Lipinski definition) is 2. The molecule has 0 heterocycles. The van der Waals surface area contributed by atoms with Crippen LogP contribution in [0.5, 0.6) is 0 Å². The van der Waals surface area contributed by atoms with Crippen LogP contribution in [0.25, 0.3) is 0 Å². The first-order valence-corrected chi connectivity index (χ1v) is 5.86. The minimum Gasteiger partial charge on any atom is -0.399 e. The summed E-state index contributed by atoms with van der Waals surface area (Å²) in [6.45, 7) is 3.10. The summed E-state index contributed by atoms with van der Waals surface area (Å²) in [5.74, 6) is -0.180. The second-order valence-corrected chi connectivity index (χ2v) is 4.02. The van der Waals surface area contributed by atoms with Crippen LogP contribution in [-0.2, 0) is 14.3 Å². The van der Waals surface area contributed by atoms with Crippen molar-refractivity contribution < 1.29 is 14.3 Å². The van der Waals surface area contributed by atoms with Crippen molar-refractivity contribution in [1.29, 1.82) is 0 Å². The van der Waals surface area contributed by atoms with Crippen LogP contribution in [-0.4, -0.2) is 32.8 Å². The summed E-state index contributed by atoms with van der Waals surface area (Å²) in [4.78, 5) is 11.6. The monoisotopic (exact) mass is 252 g/mol. The summed E-state index contributed by atoms with van der Waals surface area (Å²) in [7, 11) is 1.63. The van der Waals surface area contributed by atoms with E-state index in [4.69, 9.17) is 15.2 Å². The van der Waals surface area contributed by atoms with E-state index >= 15 is 0 Å². The third kappa shape index (κ3) is 5.16. The fourth-order valence-corrected chi connectivity index (χ4v) is 1.43. The fourth-order valence-electron chi connectivity index (χ4n) is 1.43. The second kappa shape index (κ2) is 7.68. The summed E-state index contributed by atoms with van der Waals surface area (Å²) in [6.07, 6.45) is 0.779. The van der Waals surface area contributed by atoms with Gasteiger partial charge in [-0.05, 0) is 31.0 Å². The van der Waals surface area contributed by atoms with Gasteiger partial charge in [0.25, 0.3) is 0 Å². The molecular weight excluding hydrogens is 232 g/mol. The zero-order valence-corrected chi connectivity index (χ0v) is 10.9. The molecule has 1 aromatic rings. The zero-order chi connectivity index (χ0) is 13.4. The molecule has 3 N–H and O–H groups in total. The Kier molecular flexibility index (Phi) is 6.18. The van der Waals surface area contributed by atoms with Crippen LogP contribution in [0.2, 0.25) is 0 Å². The molecule has 0 aliphatic carbocycles. The van der Waals surface area contributed by atoms with E-state index in [2.05, 4.69) is 5.32 Å². The molecule has 0 saturated carbocycles. The molecule has 100 valence electrons. The number of carbonyl (C=O) groups excluding carboxylic acids is 1. The third-order valence-electron chi connectivity index (χ3n) is 2.41. The van der Waals surface area contributed by atoms with Crippen molar-refractivity contribution in [3.8, 4) is 0 Å². The molecule has 1 aromatic carbocycles. The van der Waals surface area contributed by atoms with Crippen LogP contribution in [0.1, 0.15) is 12.0 Å². The number of hydrogen-bond acceptors (Lipinski definition) is 4. The van der Waals surface area contributed by atoms with E-state index < -0.39 is 0 Å². The molecule has 0 radical (unpaired) electrons. The van der Waals surface area contributed by atoms with E-state index in [1.165, 1.54) is 0 Å². The van der Waals surface area contributed by atoms with Crippen LogP contribution in [0, 0.1) is 6.92 Å². The van der Waals surface area contributed by atoms with Crippen molar-refractivity contribution in [1.82, 2.24) is 0 Å². The minimum absolute atomic E-state index is 0.0396. The van der Waals surface area contributed by atoms with Gasteiger partial charge in [-0.15, -0.1) is 0 Å². The van der Waals surface area contributed by atoms with E-state index in [0.29, 0.717) is 18.9 Å². The van der Waals surface area contributed by atoms with E-state index in [9.17, 15) is 4.79 Å². The van der Waals surface area contributed by atoms with Crippen molar-refractivity contribution in [2.45, 2.75) is 13.3 Å². The van der Waals surface area contributed by atoms with Crippen LogP contribution >= 0.6 is 0 Å². The number of amides is 1. The average molecular weight is 252 g/mol. The van der Waals surface area contributed by atoms with Gasteiger partial charge in [0, 0.05) is 31.7 Å². The molecule has 0 saturated heterocycles. The first-order chi connectivity index (χ1) is 8.63. The maximum absolute atomic E-state index is 11.6. The minimum atomic E-state index is -0.180. The molecule has 5 nitrogen and oxygen atoms in total. The molecule has 0 aliphatic rings. The molecule has 0 bridgehead atoms. The van der Waals surface area contributed by atoms with Crippen molar-refractivity contribution in [3.05, 3.63) is 23.8 Å². The Morgan fingerprint density at radius 3 is 2.89 bits per heavy atom. The van der Waals surface area contributed by atoms with E-state index in [1.807, 2.05) is 13.0 Å². The van der Waals surface area contributed by atoms with Crippen LogP contribution in [0.3, 0.4) is 0 Å². The van der Waals surface area contributed by atoms with Crippen molar-refractivity contribution >= 4 is 17.3 Å². The number of nitrogens with one attached hydrogen (secondary N) is 1. The standard InChI is InChI=1S/C13H20N2O3/c1-10-4-5-11(14)8-12(10)15-13(16)9-18-7-3-6-17-2/h4-5,8H,3,6-7,9,14H2,1-2H3,(H,15,16). The Labute approximate surface area is 107 Å². The molecule has 0 atom stereocenters. The fraction of sp³-hybridized carbons (Fsp3) is 0.462. The highest BCUT2D eigenvalue weighted by Crippen LogP contribution is 2.17. The number of nitrogens with two attached hydrogens (primary N) is 1. The zero-order valence-electron chi connectivity index (χ0n) is 10.9. The third-order valence-corrected chi connectivity index (χ3v) is 2.41. The number of nitrogen functional groups attached to an aromatic ring is 1. The number of carbonyl (C=O) groups is 1. The molecule has 1 amide bonds. The van der Waals surface area contributed by atoms with Crippen LogP contribution in [0.4, 0.5) is 11.4 Å². The molecule has 5 heteroatoms. The van der Waals surface area contributed by atoms with E-state index in [1.54, 1.807) is 19.2 Å². The maximum atomic E-state index is 11.6. The Bertz CT molecular complexity index is 394. The normalized spacial score (nSPS) is 10.3. The van der Waals surface area contributed by atoms with Gasteiger partial charge in [0.15, 0.2) is 0 Å². The number of ether oxygens (including phenoxy) is 2. The molecule has 1 rings (SSSR count). The molecule has 0 unspecified atom stereocenters. The van der Waals surface area contributed by atoms with Crippen LogP contribution < -0.4 is 11.1 Å². The van der Waals surface area contributed by atoms with Gasteiger partial charge in [0.05, 0.1) is 0 Å². The smallest absolute Gasteiger partial charge is 0.250 e. The van der Waals surface area contributed by atoms with Gasteiger partial charge in [0.1, 0.15) is 6.61 Å². The highest BCUT2D eigenvalue weighted by molar-refractivity contribution is 5.92. The highest BCUT2D eigenvalue weighted by Gasteiger charge is 2.05. The lowest BCUT2D eigenvalue weighted by Gasteiger charge is -2.09. The van der Waals surface area contributed by atoms with Crippen LogP contribution in [0.15, 0.2) is 18.2 Å². The first kappa shape index (κ1) is 14.5. The summed E-state index contributed by atoms with van der Waals surface area (Å²) in [6, 6.07) is 5.40. The number of anilines is 2. The average Bonchev–Trinajstić information content (AvgIpc) is 2.33. The van der Waals surface area contributed by atoms with Crippen molar-refractivity contribution in [2.75, 3.05) is 38.0 Å². The Morgan fingerprint density at radius 1 is 1.39 bits per heavy atom. The molecule has 0 aliphatic heterocycles. The molecule has 18 heavy (non-hydrogen) atoms. The van der Waals surface area contributed by atoms with E-state index in [-0.39, 0.29) is 12.5 Å². The molecule has 0 aromatic heterocycles. The summed E-state index contributed by atoms with van der Waals surface area (Å²) < 4.78 is 10.1. The van der Waals surface area contributed by atoms with Gasteiger partial charge in [-0.25, -0.2) is 0 Å². The van der Waals surface area contributed by atoms with Gasteiger partial charge in [-0.2, -0.15) is 0 Å². The quantitative estimate of drug-likeness (QED) is 0.570. The summed E-state index contributed by atoms with van der Waals surface area (Å²) in [5, 5.41) is 2.77. The largest absolute Gasteiger partial charge is 0.399 e. The highest BCUT2D eigenvalue weighted by atomic mass is 16.5. The summed E-state index contributed by atoms with van der Waals surface area (Å²) >= 11 is 0. The van der Waals surface area contributed by atoms with Gasteiger partial charge in [0.2, 0.25) is 5.91 Å². The molecule has 0 spiro atoms. The lowest BCUT2D eigenvalue weighted by atomic mass is 10.2. The number of methoxy groups -OCH3 is 1. The number of rotatable bonds is 7. The van der Waals surface area contributed by atoms with Crippen molar-refractivity contribution in [2.24, 2.45) is 0 Å². The SMILES string of the molecule is COCCCOCC(=O)Nc1cc(N)ccc1C. The predicted octanol–water partition coefficient (Wildman–Crippen LogP) is 1.57. The number of benzene rings is 1. The van der Waals surface area contributed by atoms with Crippen molar-refractivity contribution in [3.63, 3.8) is 0 Å². The number of aryl methyl sites for hydroxylation is 1. The second-order valence-electron chi connectivity index (χ2n) is 4.02. The van der Waals surface area contributed by atoms with Gasteiger partial charge >= 0.3 is 0 Å². The molecular formula is C13H20N2O3. The molecule has 0 fully saturated rings. The maximum Gasteiger partial charge on any atom is 0.250 e. The van der Waals surface area contributed by atoms with Gasteiger partial charge in [-0.3, -0.25) is 4.79 Å². The van der Waals surface area contributed by atoms with Gasteiger partial charge in [-0.1, -0.05) is 6.07 Å². The van der Waals surface area contributed by atoms with E-state index in [0.717, 1.165) is 17.7 Å². The topological polar surface area (TPSA) is 73.6 Å².